The summed E-state index contributed by atoms with van der Waals surface area (Å²) < 4.78 is 0. The fourth-order valence-corrected chi connectivity index (χ4v) is 3.17. The number of likely N-dealkylation sites (N-methyl/N-ethyl adjacent to an activating group) is 1. The molecule has 0 bridgehead atoms. The van der Waals surface area contributed by atoms with Crippen molar-refractivity contribution in [2.24, 2.45) is 0 Å². The van der Waals surface area contributed by atoms with Crippen LogP contribution in [0.4, 0.5) is 0 Å². The Morgan fingerprint density at radius 3 is 2.41 bits per heavy atom. The molecule has 0 saturated heterocycles. The molecule has 2 aromatic carbocycles. The first-order valence-electron chi connectivity index (χ1n) is 9.50. The maximum atomic E-state index is 13.2. The van der Waals surface area contributed by atoms with Crippen LogP contribution >= 0.6 is 0 Å². The molecule has 4 heteroatoms. The fraction of sp³-hybridized carbons (Fsp3) is 0.391. The minimum atomic E-state index is -0.525. The predicted molar refractivity (Wildman–Crippen MR) is 109 cm³/mol. The van der Waals surface area contributed by atoms with Crippen LogP contribution in [0.25, 0.3) is 0 Å². The third-order valence-corrected chi connectivity index (χ3v) is 4.80. The van der Waals surface area contributed by atoms with E-state index in [-0.39, 0.29) is 11.8 Å². The van der Waals surface area contributed by atoms with Crippen molar-refractivity contribution >= 4 is 11.8 Å². The molecular weight excluding hydrogens is 336 g/mol. The van der Waals surface area contributed by atoms with Crippen molar-refractivity contribution in [3.05, 3.63) is 70.3 Å². The first-order chi connectivity index (χ1) is 12.8. The number of nitrogens with zero attached hydrogens (tertiary/aromatic N) is 1. The number of carbonyl (C=O) groups is 2. The summed E-state index contributed by atoms with van der Waals surface area (Å²) in [5.74, 6) is -0.163. The lowest BCUT2D eigenvalue weighted by Gasteiger charge is -2.29. The molecule has 0 radical (unpaired) electrons. The molecule has 2 aromatic rings. The fourth-order valence-electron chi connectivity index (χ4n) is 3.17. The largest absolute Gasteiger partial charge is 0.355 e. The molecule has 1 atom stereocenters. The van der Waals surface area contributed by atoms with Crippen molar-refractivity contribution in [2.45, 2.75) is 53.6 Å². The number of aryl methyl sites for hydroxylation is 3. The molecule has 144 valence electrons. The Bertz CT molecular complexity index is 814. The van der Waals surface area contributed by atoms with Crippen LogP contribution < -0.4 is 5.32 Å². The van der Waals surface area contributed by atoms with Gasteiger partial charge in [0.2, 0.25) is 11.8 Å². The molecule has 0 heterocycles. The number of hydrogen-bond donors (Lipinski definition) is 1. The number of rotatable bonds is 7. The Kier molecular flexibility index (Phi) is 7.17. The second-order valence-corrected chi connectivity index (χ2v) is 7.19. The highest BCUT2D eigenvalue weighted by Gasteiger charge is 2.26. The van der Waals surface area contributed by atoms with Crippen LogP contribution in [-0.2, 0) is 22.6 Å². The lowest BCUT2D eigenvalue weighted by atomic mass is 10.0. The van der Waals surface area contributed by atoms with Gasteiger partial charge in [0.15, 0.2) is 0 Å². The van der Waals surface area contributed by atoms with Gasteiger partial charge in [-0.25, -0.2) is 0 Å². The van der Waals surface area contributed by atoms with Gasteiger partial charge in [-0.1, -0.05) is 53.6 Å². The zero-order valence-corrected chi connectivity index (χ0v) is 17.0. The van der Waals surface area contributed by atoms with E-state index >= 15 is 0 Å². The van der Waals surface area contributed by atoms with Gasteiger partial charge in [-0.05, 0) is 51.3 Å². The summed E-state index contributed by atoms with van der Waals surface area (Å²) in [6.45, 7) is 10.7. The first-order valence-corrected chi connectivity index (χ1v) is 9.50. The second-order valence-electron chi connectivity index (χ2n) is 7.19. The SMILES string of the molecule is CCNC(=O)[C@H](C)N(Cc1cccc(C)c1)C(=O)Cc1cc(C)ccc1C. The Labute approximate surface area is 162 Å². The Balaban J connectivity index is 2.28. The van der Waals surface area contributed by atoms with Gasteiger partial charge in [-0.3, -0.25) is 9.59 Å². The van der Waals surface area contributed by atoms with Crippen LogP contribution in [0.2, 0.25) is 0 Å². The monoisotopic (exact) mass is 366 g/mol. The molecule has 27 heavy (non-hydrogen) atoms. The molecule has 4 nitrogen and oxygen atoms in total. The number of nitrogens with one attached hydrogen (secondary N) is 1. The summed E-state index contributed by atoms with van der Waals surface area (Å²) in [5, 5.41) is 2.83. The van der Waals surface area contributed by atoms with E-state index in [1.54, 1.807) is 11.8 Å². The maximum Gasteiger partial charge on any atom is 0.242 e. The van der Waals surface area contributed by atoms with Crippen molar-refractivity contribution < 1.29 is 9.59 Å². The summed E-state index contributed by atoms with van der Waals surface area (Å²) in [7, 11) is 0. The second kappa shape index (κ2) is 9.36. The van der Waals surface area contributed by atoms with Gasteiger partial charge in [-0.2, -0.15) is 0 Å². The van der Waals surface area contributed by atoms with Gasteiger partial charge in [-0.15, -0.1) is 0 Å². The highest BCUT2D eigenvalue weighted by Crippen LogP contribution is 2.16. The summed E-state index contributed by atoms with van der Waals surface area (Å²) in [6, 6.07) is 13.7. The number of amides is 2. The zero-order valence-electron chi connectivity index (χ0n) is 17.0. The third-order valence-electron chi connectivity index (χ3n) is 4.80. The van der Waals surface area contributed by atoms with Crippen molar-refractivity contribution in [3.8, 4) is 0 Å². The summed E-state index contributed by atoms with van der Waals surface area (Å²) >= 11 is 0. The van der Waals surface area contributed by atoms with E-state index in [2.05, 4.69) is 17.4 Å². The Hall–Kier alpha value is -2.62. The number of hydrogen-bond acceptors (Lipinski definition) is 2. The quantitative estimate of drug-likeness (QED) is 0.812. The normalized spacial score (nSPS) is 11.7. The van der Waals surface area contributed by atoms with Crippen molar-refractivity contribution in [1.29, 1.82) is 0 Å². The smallest absolute Gasteiger partial charge is 0.242 e. The van der Waals surface area contributed by atoms with Crippen LogP contribution in [0.1, 0.15) is 41.7 Å². The number of benzene rings is 2. The zero-order chi connectivity index (χ0) is 20.0. The maximum absolute atomic E-state index is 13.2. The molecule has 0 saturated carbocycles. The molecule has 0 aromatic heterocycles. The van der Waals surface area contributed by atoms with Gasteiger partial charge in [0.25, 0.3) is 0 Å². The molecule has 1 N–H and O–H groups in total. The predicted octanol–water partition coefficient (Wildman–Crippen LogP) is 3.71. The van der Waals surface area contributed by atoms with Crippen LogP contribution in [0, 0.1) is 20.8 Å². The van der Waals surface area contributed by atoms with Crippen LogP contribution in [0.5, 0.6) is 0 Å². The lowest BCUT2D eigenvalue weighted by Crippen LogP contribution is -2.48. The molecule has 2 amide bonds. The highest BCUT2D eigenvalue weighted by atomic mass is 16.2. The van der Waals surface area contributed by atoms with E-state index in [4.69, 9.17) is 0 Å². The summed E-state index contributed by atoms with van der Waals surface area (Å²) in [6.07, 6.45) is 0.295. The molecule has 0 spiro atoms. The van der Waals surface area contributed by atoms with E-state index < -0.39 is 6.04 Å². The first kappa shape index (κ1) is 20.7. The standard InChI is InChI=1S/C23H30N2O2/c1-6-24-23(27)19(5)25(15-20-9-7-8-16(2)12-20)22(26)14-21-13-17(3)10-11-18(21)4/h7-13,19H,6,14-15H2,1-5H3,(H,24,27)/t19-/m0/s1. The molecule has 0 aliphatic carbocycles. The molecule has 0 aliphatic rings. The van der Waals surface area contributed by atoms with Gasteiger partial charge in [0.1, 0.15) is 6.04 Å². The average Bonchev–Trinajstić information content (AvgIpc) is 2.62. The molecule has 0 aliphatic heterocycles. The van der Waals surface area contributed by atoms with E-state index in [1.165, 1.54) is 0 Å². The third kappa shape index (κ3) is 5.68. The van der Waals surface area contributed by atoms with E-state index in [1.807, 2.05) is 58.0 Å². The molecule has 0 unspecified atom stereocenters. The minimum absolute atomic E-state index is 0.0380. The van der Waals surface area contributed by atoms with Crippen LogP contribution in [0.15, 0.2) is 42.5 Å². The summed E-state index contributed by atoms with van der Waals surface area (Å²) in [4.78, 5) is 27.3. The average molecular weight is 367 g/mol. The lowest BCUT2D eigenvalue weighted by molar-refractivity contribution is -0.140. The van der Waals surface area contributed by atoms with Crippen molar-refractivity contribution in [2.75, 3.05) is 6.54 Å². The van der Waals surface area contributed by atoms with Crippen LogP contribution in [0.3, 0.4) is 0 Å². The van der Waals surface area contributed by atoms with Gasteiger partial charge < -0.3 is 10.2 Å². The molecule has 2 rings (SSSR count). The van der Waals surface area contributed by atoms with E-state index in [0.717, 1.165) is 27.8 Å². The van der Waals surface area contributed by atoms with Gasteiger partial charge in [0.05, 0.1) is 6.42 Å². The topological polar surface area (TPSA) is 49.4 Å². The Morgan fingerprint density at radius 1 is 1.04 bits per heavy atom. The van der Waals surface area contributed by atoms with E-state index in [9.17, 15) is 9.59 Å². The van der Waals surface area contributed by atoms with Crippen molar-refractivity contribution in [3.63, 3.8) is 0 Å². The van der Waals surface area contributed by atoms with Gasteiger partial charge in [0, 0.05) is 13.1 Å². The van der Waals surface area contributed by atoms with Crippen LogP contribution in [-0.4, -0.2) is 29.3 Å². The molecular formula is C23H30N2O2. The van der Waals surface area contributed by atoms with Crippen molar-refractivity contribution in [1.82, 2.24) is 10.2 Å². The summed E-state index contributed by atoms with van der Waals surface area (Å²) in [5.41, 5.74) is 5.40. The Morgan fingerprint density at radius 2 is 1.74 bits per heavy atom. The minimum Gasteiger partial charge on any atom is -0.355 e. The van der Waals surface area contributed by atoms with E-state index in [0.29, 0.717) is 19.5 Å². The number of carbonyl (C=O) groups excluding carboxylic acids is 2. The highest BCUT2D eigenvalue weighted by molar-refractivity contribution is 5.88. The molecule has 0 fully saturated rings. The van der Waals surface area contributed by atoms with Gasteiger partial charge >= 0.3 is 0 Å².